The monoisotopic (exact) mass is 391 g/mol. The van der Waals surface area contributed by atoms with Gasteiger partial charge in [0.2, 0.25) is 0 Å². The molecule has 0 saturated carbocycles. The van der Waals surface area contributed by atoms with Crippen molar-refractivity contribution < 1.29 is 4.79 Å². The predicted octanol–water partition coefficient (Wildman–Crippen LogP) is 1.67. The number of hydrogen-bond acceptors (Lipinski definition) is 6. The fourth-order valence-electron chi connectivity index (χ4n) is 3.71. The van der Waals surface area contributed by atoms with Crippen molar-refractivity contribution in [2.45, 2.75) is 20.3 Å². The molecule has 29 heavy (non-hydrogen) atoms. The average Bonchev–Trinajstić information content (AvgIpc) is 3.29. The Morgan fingerprint density at radius 2 is 1.79 bits per heavy atom. The molecule has 1 amide bonds. The number of pyridine rings is 1. The molecule has 8 nitrogen and oxygen atoms in total. The molecule has 0 radical (unpaired) electrons. The Labute approximate surface area is 170 Å². The first-order chi connectivity index (χ1) is 14.1. The highest BCUT2D eigenvalue weighted by atomic mass is 16.2. The maximum absolute atomic E-state index is 13.3. The van der Waals surface area contributed by atoms with Gasteiger partial charge in [0.25, 0.3) is 5.91 Å². The molecule has 0 atom stereocenters. The van der Waals surface area contributed by atoms with Gasteiger partial charge in [0.05, 0.1) is 11.3 Å². The van der Waals surface area contributed by atoms with Crippen LogP contribution in [0.2, 0.25) is 0 Å². The van der Waals surface area contributed by atoms with Gasteiger partial charge in [-0.25, -0.2) is 0 Å². The first kappa shape index (κ1) is 19.2. The fourth-order valence-corrected chi connectivity index (χ4v) is 3.71. The van der Waals surface area contributed by atoms with Crippen molar-refractivity contribution in [2.75, 3.05) is 32.7 Å². The Morgan fingerprint density at radius 1 is 1.03 bits per heavy atom. The van der Waals surface area contributed by atoms with Crippen LogP contribution in [0, 0.1) is 13.8 Å². The van der Waals surface area contributed by atoms with E-state index in [1.54, 1.807) is 4.68 Å². The van der Waals surface area contributed by atoms with Crippen molar-refractivity contribution >= 4 is 5.91 Å². The van der Waals surface area contributed by atoms with E-state index in [-0.39, 0.29) is 5.91 Å². The lowest BCUT2D eigenvalue weighted by atomic mass is 10.0. The molecule has 150 valence electrons. The first-order valence-electron chi connectivity index (χ1n) is 9.87. The number of amides is 1. The van der Waals surface area contributed by atoms with Gasteiger partial charge in [0, 0.05) is 45.1 Å². The second-order valence-electron chi connectivity index (χ2n) is 7.40. The molecule has 4 rings (SSSR count). The maximum Gasteiger partial charge on any atom is 0.256 e. The summed E-state index contributed by atoms with van der Waals surface area (Å²) < 4.78 is 1.58. The highest BCUT2D eigenvalue weighted by molar-refractivity contribution is 5.98. The quantitative estimate of drug-likeness (QED) is 0.658. The standard InChI is InChI=1S/C21H25N7O/c1-16-3-4-19(20(17(16)2)28-15-23-24-25-28)21(29)27-13-11-26(12-14-27)10-7-18-5-8-22-9-6-18/h3-6,8-9,15H,7,10-14H2,1-2H3. The molecule has 0 unspecified atom stereocenters. The van der Waals surface area contributed by atoms with E-state index in [0.717, 1.165) is 56.0 Å². The molecule has 0 bridgehead atoms. The van der Waals surface area contributed by atoms with E-state index in [4.69, 9.17) is 0 Å². The molecular formula is C21H25N7O. The molecule has 0 N–H and O–H groups in total. The number of aromatic nitrogens is 5. The van der Waals surface area contributed by atoms with E-state index >= 15 is 0 Å². The Hall–Kier alpha value is -3.13. The van der Waals surface area contributed by atoms with E-state index in [9.17, 15) is 4.79 Å². The summed E-state index contributed by atoms with van der Waals surface area (Å²) >= 11 is 0. The van der Waals surface area contributed by atoms with Crippen molar-refractivity contribution in [3.63, 3.8) is 0 Å². The number of hydrogen-bond donors (Lipinski definition) is 0. The number of nitrogens with zero attached hydrogens (tertiary/aromatic N) is 7. The minimum Gasteiger partial charge on any atom is -0.336 e. The minimum atomic E-state index is 0.0346. The number of aryl methyl sites for hydroxylation is 1. The van der Waals surface area contributed by atoms with E-state index < -0.39 is 0 Å². The Bertz CT molecular complexity index is 964. The molecule has 2 aromatic heterocycles. The van der Waals surface area contributed by atoms with Crippen LogP contribution in [0.1, 0.15) is 27.0 Å². The first-order valence-corrected chi connectivity index (χ1v) is 9.87. The van der Waals surface area contributed by atoms with Crippen LogP contribution in [0.15, 0.2) is 43.0 Å². The third-order valence-electron chi connectivity index (χ3n) is 5.64. The van der Waals surface area contributed by atoms with Crippen molar-refractivity contribution in [1.29, 1.82) is 0 Å². The van der Waals surface area contributed by atoms with E-state index in [0.29, 0.717) is 5.56 Å². The Balaban J connectivity index is 1.43. The molecule has 0 aliphatic carbocycles. The number of tetrazole rings is 1. The molecule has 1 aliphatic heterocycles. The molecule has 1 aliphatic rings. The lowest BCUT2D eigenvalue weighted by molar-refractivity contribution is 0.0638. The predicted molar refractivity (Wildman–Crippen MR) is 109 cm³/mol. The molecular weight excluding hydrogens is 366 g/mol. The van der Waals surface area contributed by atoms with Crippen LogP contribution in [0.3, 0.4) is 0 Å². The third-order valence-corrected chi connectivity index (χ3v) is 5.64. The zero-order chi connectivity index (χ0) is 20.2. The van der Waals surface area contributed by atoms with Crippen molar-refractivity contribution in [3.05, 3.63) is 65.2 Å². The van der Waals surface area contributed by atoms with Crippen molar-refractivity contribution in [1.82, 2.24) is 35.0 Å². The molecule has 8 heteroatoms. The van der Waals surface area contributed by atoms with Gasteiger partial charge in [-0.05, 0) is 65.6 Å². The summed E-state index contributed by atoms with van der Waals surface area (Å²) in [5, 5.41) is 11.5. The van der Waals surface area contributed by atoms with Crippen LogP contribution in [-0.2, 0) is 6.42 Å². The Morgan fingerprint density at radius 3 is 2.48 bits per heavy atom. The van der Waals surface area contributed by atoms with Crippen LogP contribution < -0.4 is 0 Å². The summed E-state index contributed by atoms with van der Waals surface area (Å²) in [5.74, 6) is 0.0346. The summed E-state index contributed by atoms with van der Waals surface area (Å²) in [6.45, 7) is 8.21. The van der Waals surface area contributed by atoms with Gasteiger partial charge in [-0.2, -0.15) is 4.68 Å². The number of rotatable bonds is 5. The zero-order valence-electron chi connectivity index (χ0n) is 16.8. The molecule has 3 heterocycles. The average molecular weight is 391 g/mol. The SMILES string of the molecule is Cc1ccc(C(=O)N2CCN(CCc3ccncc3)CC2)c(-n2cnnn2)c1C. The van der Waals surface area contributed by atoms with Crippen molar-refractivity contribution in [3.8, 4) is 5.69 Å². The number of benzene rings is 1. The van der Waals surface area contributed by atoms with Crippen LogP contribution in [-0.4, -0.2) is 73.6 Å². The van der Waals surface area contributed by atoms with Gasteiger partial charge in [-0.15, -0.1) is 5.10 Å². The summed E-state index contributed by atoms with van der Waals surface area (Å²) in [4.78, 5) is 21.7. The Kier molecular flexibility index (Phi) is 5.62. The van der Waals surface area contributed by atoms with Gasteiger partial charge in [-0.1, -0.05) is 6.07 Å². The summed E-state index contributed by atoms with van der Waals surface area (Å²) in [7, 11) is 0. The number of carbonyl (C=O) groups excluding carboxylic acids is 1. The van der Waals surface area contributed by atoms with E-state index in [2.05, 4.69) is 37.5 Å². The van der Waals surface area contributed by atoms with Crippen LogP contribution in [0.4, 0.5) is 0 Å². The summed E-state index contributed by atoms with van der Waals surface area (Å²) in [6, 6.07) is 7.99. The topological polar surface area (TPSA) is 80.0 Å². The van der Waals surface area contributed by atoms with Crippen LogP contribution >= 0.6 is 0 Å². The third kappa shape index (κ3) is 4.17. The largest absolute Gasteiger partial charge is 0.336 e. The zero-order valence-corrected chi connectivity index (χ0v) is 16.8. The molecule has 0 spiro atoms. The molecule has 1 fully saturated rings. The smallest absolute Gasteiger partial charge is 0.256 e. The number of carbonyl (C=O) groups is 1. The van der Waals surface area contributed by atoms with Crippen molar-refractivity contribution in [2.24, 2.45) is 0 Å². The van der Waals surface area contributed by atoms with Gasteiger partial charge >= 0.3 is 0 Å². The number of piperazine rings is 1. The summed E-state index contributed by atoms with van der Waals surface area (Å²) in [5.41, 5.74) is 4.82. The molecule has 3 aromatic rings. The van der Waals surface area contributed by atoms with Crippen LogP contribution in [0.25, 0.3) is 5.69 Å². The second-order valence-corrected chi connectivity index (χ2v) is 7.40. The van der Waals surface area contributed by atoms with Gasteiger partial charge in [0.15, 0.2) is 0 Å². The molecule has 1 aromatic carbocycles. The van der Waals surface area contributed by atoms with Gasteiger partial charge < -0.3 is 4.90 Å². The lowest BCUT2D eigenvalue weighted by Gasteiger charge is -2.35. The fraction of sp³-hybridized carbons (Fsp3) is 0.381. The maximum atomic E-state index is 13.3. The van der Waals surface area contributed by atoms with Gasteiger partial charge in [-0.3, -0.25) is 14.7 Å². The molecule has 1 saturated heterocycles. The van der Waals surface area contributed by atoms with Crippen LogP contribution in [0.5, 0.6) is 0 Å². The van der Waals surface area contributed by atoms with E-state index in [1.165, 1.54) is 11.9 Å². The lowest BCUT2D eigenvalue weighted by Crippen LogP contribution is -2.49. The van der Waals surface area contributed by atoms with E-state index in [1.807, 2.05) is 43.3 Å². The minimum absolute atomic E-state index is 0.0346. The highest BCUT2D eigenvalue weighted by Crippen LogP contribution is 2.23. The second kappa shape index (κ2) is 8.48. The van der Waals surface area contributed by atoms with Gasteiger partial charge in [0.1, 0.15) is 6.33 Å². The highest BCUT2D eigenvalue weighted by Gasteiger charge is 2.25. The normalized spacial score (nSPS) is 14.9. The summed E-state index contributed by atoms with van der Waals surface area (Å²) in [6.07, 6.45) is 6.20.